The number of hydrogen-bond acceptors (Lipinski definition) is 1. The van der Waals surface area contributed by atoms with E-state index in [0.29, 0.717) is 10.8 Å². The highest BCUT2D eigenvalue weighted by Crippen LogP contribution is 2.68. The predicted octanol–water partition coefficient (Wildman–Crippen LogP) is 7.42. The fraction of sp³-hybridized carbons (Fsp3) is 0.393. The van der Waals surface area contributed by atoms with Gasteiger partial charge in [-0.2, -0.15) is 0 Å². The molecular weight excluding hydrogens is 350 g/mol. The van der Waals surface area contributed by atoms with Gasteiger partial charge in [0.25, 0.3) is 0 Å². The Labute approximate surface area is 175 Å². The zero-order valence-electron chi connectivity index (χ0n) is 17.9. The minimum Gasteiger partial charge on any atom is -0.256 e. The van der Waals surface area contributed by atoms with Gasteiger partial charge in [-0.3, -0.25) is 4.98 Å². The van der Waals surface area contributed by atoms with Crippen LogP contribution >= 0.6 is 0 Å². The molecule has 0 N–H and O–H groups in total. The Balaban J connectivity index is 1.31. The van der Waals surface area contributed by atoms with E-state index in [4.69, 9.17) is 0 Å². The van der Waals surface area contributed by atoms with E-state index in [-0.39, 0.29) is 0 Å². The molecule has 2 bridgehead atoms. The van der Waals surface area contributed by atoms with Crippen molar-refractivity contribution in [2.45, 2.75) is 46.5 Å². The highest BCUT2D eigenvalue weighted by Gasteiger charge is 2.60. The van der Waals surface area contributed by atoms with E-state index in [0.717, 1.165) is 23.1 Å². The Hall–Kier alpha value is -2.41. The first-order valence-electron chi connectivity index (χ1n) is 11.1. The molecule has 0 amide bonds. The molecule has 2 aliphatic rings. The maximum atomic E-state index is 4.68. The Morgan fingerprint density at radius 2 is 1.55 bits per heavy atom. The zero-order valence-corrected chi connectivity index (χ0v) is 17.9. The third kappa shape index (κ3) is 3.03. The quantitative estimate of drug-likeness (QED) is 0.458. The second kappa shape index (κ2) is 6.83. The minimum atomic E-state index is 0.504. The van der Waals surface area contributed by atoms with E-state index in [1.807, 2.05) is 12.3 Å². The topological polar surface area (TPSA) is 12.9 Å². The smallest absolute Gasteiger partial charge is 0.0702 e. The second-order valence-electron chi connectivity index (χ2n) is 10.0. The van der Waals surface area contributed by atoms with Crippen LogP contribution in [0.4, 0.5) is 0 Å². The minimum absolute atomic E-state index is 0.504. The van der Waals surface area contributed by atoms with Crippen LogP contribution < -0.4 is 0 Å². The molecule has 2 aromatic carbocycles. The molecule has 1 heteroatoms. The summed E-state index contributed by atoms with van der Waals surface area (Å²) in [5.41, 5.74) is 7.12. The third-order valence-electron chi connectivity index (χ3n) is 8.58. The molecule has 1 nitrogen and oxygen atoms in total. The van der Waals surface area contributed by atoms with Crippen molar-refractivity contribution in [3.63, 3.8) is 0 Å². The largest absolute Gasteiger partial charge is 0.256 e. The Morgan fingerprint density at radius 1 is 0.828 bits per heavy atom. The van der Waals surface area contributed by atoms with Crippen molar-refractivity contribution in [1.29, 1.82) is 0 Å². The fourth-order valence-corrected chi connectivity index (χ4v) is 6.14. The van der Waals surface area contributed by atoms with Gasteiger partial charge in [0.2, 0.25) is 0 Å². The second-order valence-corrected chi connectivity index (χ2v) is 10.0. The van der Waals surface area contributed by atoms with Crippen molar-refractivity contribution in [3.8, 4) is 22.4 Å². The molecule has 3 atom stereocenters. The fourth-order valence-electron chi connectivity index (χ4n) is 6.14. The van der Waals surface area contributed by atoms with Crippen molar-refractivity contribution < 1.29 is 0 Å². The molecular formula is C28H31N. The van der Waals surface area contributed by atoms with Crippen LogP contribution in [0.5, 0.6) is 0 Å². The number of fused-ring (bicyclic) bond motifs is 2. The van der Waals surface area contributed by atoms with Crippen molar-refractivity contribution in [2.24, 2.45) is 22.7 Å². The summed E-state index contributed by atoms with van der Waals surface area (Å²) in [7, 11) is 0. The summed E-state index contributed by atoms with van der Waals surface area (Å²) in [6.07, 6.45) is 7.48. The van der Waals surface area contributed by atoms with E-state index >= 15 is 0 Å². The van der Waals surface area contributed by atoms with Crippen molar-refractivity contribution in [3.05, 3.63) is 78.5 Å². The monoisotopic (exact) mass is 381 g/mol. The van der Waals surface area contributed by atoms with Gasteiger partial charge in [0, 0.05) is 17.3 Å². The first-order chi connectivity index (χ1) is 14.0. The maximum absolute atomic E-state index is 4.68. The van der Waals surface area contributed by atoms with Crippen LogP contribution in [-0.2, 0) is 6.42 Å². The molecule has 0 aliphatic heterocycles. The van der Waals surface area contributed by atoms with Gasteiger partial charge in [-0.1, -0.05) is 81.4 Å². The lowest BCUT2D eigenvalue weighted by molar-refractivity contribution is 0.103. The summed E-state index contributed by atoms with van der Waals surface area (Å²) >= 11 is 0. The van der Waals surface area contributed by atoms with Gasteiger partial charge in [-0.25, -0.2) is 0 Å². The molecule has 3 aromatic rings. The third-order valence-corrected chi connectivity index (χ3v) is 8.58. The van der Waals surface area contributed by atoms with Crippen molar-refractivity contribution in [2.75, 3.05) is 0 Å². The average Bonchev–Trinajstić information content (AvgIpc) is 3.09. The highest BCUT2D eigenvalue weighted by molar-refractivity contribution is 5.66. The number of aromatic nitrogens is 1. The molecule has 0 radical (unpaired) electrons. The molecule has 1 aromatic heterocycles. The molecule has 2 saturated carbocycles. The molecule has 3 unspecified atom stereocenters. The molecule has 0 spiro atoms. The van der Waals surface area contributed by atoms with Gasteiger partial charge in [-0.05, 0) is 65.5 Å². The normalized spacial score (nSPS) is 27.3. The summed E-state index contributed by atoms with van der Waals surface area (Å²) < 4.78 is 0. The SMILES string of the molecule is CC1(C)C2CCC1(C)C(Cc1ccc(-c3ccc(-c4ccccc4)nc3)cc1)C2. The standard InChI is InChI=1S/C28H31N/c1-27(2)24-15-16-28(27,3)25(18-24)17-20-9-11-21(12-10-20)23-13-14-26(29-19-23)22-7-5-4-6-8-22/h4-14,19,24-25H,15-18H2,1-3H3. The Kier molecular flexibility index (Phi) is 4.38. The Morgan fingerprint density at radius 3 is 2.14 bits per heavy atom. The highest BCUT2D eigenvalue weighted by atomic mass is 14.7. The van der Waals surface area contributed by atoms with Gasteiger partial charge < -0.3 is 0 Å². The predicted molar refractivity (Wildman–Crippen MR) is 122 cm³/mol. The van der Waals surface area contributed by atoms with Crippen LogP contribution in [0.15, 0.2) is 72.9 Å². The van der Waals surface area contributed by atoms with E-state index in [1.54, 1.807) is 0 Å². The molecule has 0 saturated heterocycles. The summed E-state index contributed by atoms with van der Waals surface area (Å²) in [5.74, 6) is 1.75. The molecule has 5 rings (SSSR count). The van der Waals surface area contributed by atoms with Gasteiger partial charge in [0.05, 0.1) is 5.69 Å². The lowest BCUT2D eigenvalue weighted by Crippen LogP contribution is -2.33. The molecule has 1 heterocycles. The van der Waals surface area contributed by atoms with Gasteiger partial charge >= 0.3 is 0 Å². The lowest BCUT2D eigenvalue weighted by Gasteiger charge is -2.39. The lowest BCUT2D eigenvalue weighted by atomic mass is 9.65. The summed E-state index contributed by atoms with van der Waals surface area (Å²) in [5, 5.41) is 0. The van der Waals surface area contributed by atoms with E-state index < -0.39 is 0 Å². The molecule has 29 heavy (non-hydrogen) atoms. The zero-order chi connectivity index (χ0) is 20.1. The van der Waals surface area contributed by atoms with Gasteiger partial charge in [0.15, 0.2) is 0 Å². The van der Waals surface area contributed by atoms with Crippen LogP contribution in [0, 0.1) is 22.7 Å². The van der Waals surface area contributed by atoms with Crippen LogP contribution in [0.25, 0.3) is 22.4 Å². The number of pyridine rings is 1. The average molecular weight is 382 g/mol. The van der Waals surface area contributed by atoms with E-state index in [2.05, 4.69) is 86.4 Å². The number of benzene rings is 2. The number of hydrogen-bond donors (Lipinski definition) is 0. The first kappa shape index (κ1) is 18.6. The van der Waals surface area contributed by atoms with Gasteiger partial charge in [-0.15, -0.1) is 0 Å². The summed E-state index contributed by atoms with van der Waals surface area (Å²) in [4.78, 5) is 4.68. The first-order valence-corrected chi connectivity index (χ1v) is 11.1. The van der Waals surface area contributed by atoms with Crippen LogP contribution in [0.3, 0.4) is 0 Å². The van der Waals surface area contributed by atoms with Crippen LogP contribution in [-0.4, -0.2) is 4.98 Å². The van der Waals surface area contributed by atoms with Crippen molar-refractivity contribution >= 4 is 0 Å². The number of nitrogens with zero attached hydrogens (tertiary/aromatic N) is 1. The van der Waals surface area contributed by atoms with E-state index in [9.17, 15) is 0 Å². The van der Waals surface area contributed by atoms with Gasteiger partial charge in [0.1, 0.15) is 0 Å². The summed E-state index contributed by atoms with van der Waals surface area (Å²) in [6.45, 7) is 7.58. The molecule has 2 aliphatic carbocycles. The van der Waals surface area contributed by atoms with Crippen LogP contribution in [0.1, 0.15) is 45.6 Å². The summed E-state index contributed by atoms with van der Waals surface area (Å²) in [6, 6.07) is 23.9. The maximum Gasteiger partial charge on any atom is 0.0702 e. The van der Waals surface area contributed by atoms with Crippen LogP contribution in [0.2, 0.25) is 0 Å². The number of rotatable bonds is 4. The molecule has 2 fully saturated rings. The molecule has 148 valence electrons. The van der Waals surface area contributed by atoms with E-state index in [1.165, 1.54) is 42.4 Å². The Bertz CT molecular complexity index is 985. The van der Waals surface area contributed by atoms with Crippen molar-refractivity contribution in [1.82, 2.24) is 4.98 Å².